The van der Waals surface area contributed by atoms with E-state index in [1.165, 1.54) is 0 Å². The third-order valence-electron chi connectivity index (χ3n) is 4.00. The van der Waals surface area contributed by atoms with Crippen molar-refractivity contribution in [3.05, 3.63) is 36.0 Å². The molecular weight excluding hydrogens is 312 g/mol. The molecule has 2 aromatic heterocycles. The zero-order valence-corrected chi connectivity index (χ0v) is 14.4. The number of carbonyl (C=O) groups is 1. The first-order valence-corrected chi connectivity index (χ1v) is 8.78. The Balaban J connectivity index is 1.59. The highest BCUT2D eigenvalue weighted by Gasteiger charge is 2.21. The van der Waals surface area contributed by atoms with Crippen molar-refractivity contribution in [2.24, 2.45) is 7.05 Å². The molecule has 1 amide bonds. The fourth-order valence-corrected chi connectivity index (χ4v) is 3.43. The first kappa shape index (κ1) is 16.1. The Bertz CT molecular complexity index is 667. The van der Waals surface area contributed by atoms with Gasteiger partial charge in [0.1, 0.15) is 5.76 Å². The topological polar surface area (TPSA) is 54.5 Å². The summed E-state index contributed by atoms with van der Waals surface area (Å²) in [6.45, 7) is 3.50. The highest BCUT2D eigenvalue weighted by molar-refractivity contribution is 7.98. The lowest BCUT2D eigenvalue weighted by molar-refractivity contribution is 0.0729. The molecule has 0 spiro atoms. The van der Waals surface area contributed by atoms with Gasteiger partial charge in [0.15, 0.2) is 10.9 Å². The van der Waals surface area contributed by atoms with Gasteiger partial charge in [0.25, 0.3) is 5.91 Å². The molecule has 1 fully saturated rings. The van der Waals surface area contributed by atoms with Crippen molar-refractivity contribution in [1.29, 1.82) is 0 Å². The number of hydrogen-bond donors (Lipinski definition) is 0. The fraction of sp³-hybridized carbons (Fsp3) is 0.500. The third-order valence-corrected chi connectivity index (χ3v) is 5.08. The molecule has 1 aliphatic rings. The van der Waals surface area contributed by atoms with Crippen molar-refractivity contribution in [1.82, 2.24) is 19.4 Å². The van der Waals surface area contributed by atoms with Crippen molar-refractivity contribution >= 4 is 17.7 Å². The van der Waals surface area contributed by atoms with Crippen LogP contribution in [-0.4, -0.2) is 58.5 Å². The number of carbonyl (C=O) groups excluding carboxylic acids is 1. The number of hydrogen-bond acceptors (Lipinski definition) is 5. The lowest BCUT2D eigenvalue weighted by Gasteiger charge is -2.19. The van der Waals surface area contributed by atoms with Gasteiger partial charge in [0.05, 0.1) is 5.75 Å². The van der Waals surface area contributed by atoms with E-state index in [2.05, 4.69) is 16.9 Å². The zero-order chi connectivity index (χ0) is 16.2. The van der Waals surface area contributed by atoms with Crippen LogP contribution in [0.4, 0.5) is 0 Å². The maximum absolute atomic E-state index is 12.5. The lowest BCUT2D eigenvalue weighted by Crippen LogP contribution is -2.34. The summed E-state index contributed by atoms with van der Waals surface area (Å²) in [5.41, 5.74) is 0. The van der Waals surface area contributed by atoms with Gasteiger partial charge in [-0.2, -0.15) is 0 Å². The van der Waals surface area contributed by atoms with Crippen LogP contribution in [0.5, 0.6) is 0 Å². The van der Waals surface area contributed by atoms with E-state index in [0.717, 1.165) is 43.5 Å². The van der Waals surface area contributed by atoms with E-state index < -0.39 is 0 Å². The van der Waals surface area contributed by atoms with Crippen LogP contribution in [0.15, 0.2) is 34.1 Å². The molecule has 23 heavy (non-hydrogen) atoms. The second kappa shape index (κ2) is 7.23. The van der Waals surface area contributed by atoms with Crippen molar-refractivity contribution in [3.63, 3.8) is 0 Å². The van der Waals surface area contributed by atoms with Crippen LogP contribution in [0.1, 0.15) is 22.7 Å². The summed E-state index contributed by atoms with van der Waals surface area (Å²) in [6, 6.07) is 3.67. The second-order valence-corrected chi connectivity index (χ2v) is 6.77. The van der Waals surface area contributed by atoms with Crippen molar-refractivity contribution in [2.45, 2.75) is 17.3 Å². The van der Waals surface area contributed by atoms with E-state index in [9.17, 15) is 4.79 Å². The SMILES string of the molecule is CN1CCCN(C(=O)c2ccc(CSc3nccn3C)o2)CC1. The minimum absolute atomic E-state index is 0.00598. The van der Waals surface area contributed by atoms with E-state index in [4.69, 9.17) is 4.42 Å². The summed E-state index contributed by atoms with van der Waals surface area (Å²) < 4.78 is 7.71. The lowest BCUT2D eigenvalue weighted by atomic mass is 10.3. The maximum Gasteiger partial charge on any atom is 0.289 e. The van der Waals surface area contributed by atoms with Gasteiger partial charge in [-0.15, -0.1) is 0 Å². The van der Waals surface area contributed by atoms with E-state index >= 15 is 0 Å². The number of thioether (sulfide) groups is 1. The second-order valence-electron chi connectivity index (χ2n) is 5.82. The van der Waals surface area contributed by atoms with E-state index in [1.807, 2.05) is 28.8 Å². The van der Waals surface area contributed by atoms with Gasteiger partial charge in [-0.25, -0.2) is 4.98 Å². The van der Waals surface area contributed by atoms with Crippen LogP contribution in [-0.2, 0) is 12.8 Å². The van der Waals surface area contributed by atoms with Gasteiger partial charge in [-0.05, 0) is 32.1 Å². The first-order chi connectivity index (χ1) is 11.1. The largest absolute Gasteiger partial charge is 0.455 e. The molecule has 124 valence electrons. The van der Waals surface area contributed by atoms with Gasteiger partial charge >= 0.3 is 0 Å². The monoisotopic (exact) mass is 334 g/mol. The quantitative estimate of drug-likeness (QED) is 0.802. The Kier molecular flexibility index (Phi) is 5.07. The van der Waals surface area contributed by atoms with Crippen LogP contribution < -0.4 is 0 Å². The number of aryl methyl sites for hydroxylation is 1. The molecule has 0 bridgehead atoms. The summed E-state index contributed by atoms with van der Waals surface area (Å²) in [5, 5.41) is 0.935. The average molecular weight is 334 g/mol. The zero-order valence-electron chi connectivity index (χ0n) is 13.6. The summed E-state index contributed by atoms with van der Waals surface area (Å²) in [4.78, 5) is 21.0. The van der Waals surface area contributed by atoms with Gasteiger partial charge in [-0.3, -0.25) is 4.79 Å². The van der Waals surface area contributed by atoms with Crippen molar-refractivity contribution in [2.75, 3.05) is 33.2 Å². The molecule has 0 saturated carbocycles. The number of likely N-dealkylation sites (N-methyl/N-ethyl adjacent to an activating group) is 1. The Hall–Kier alpha value is -1.73. The van der Waals surface area contributed by atoms with Gasteiger partial charge in [0, 0.05) is 39.1 Å². The normalized spacial score (nSPS) is 16.5. The molecule has 0 aromatic carbocycles. The van der Waals surface area contributed by atoms with Crippen LogP contribution in [0, 0.1) is 0 Å². The first-order valence-electron chi connectivity index (χ1n) is 7.80. The number of aromatic nitrogens is 2. The van der Waals surface area contributed by atoms with Crippen LogP contribution >= 0.6 is 11.8 Å². The maximum atomic E-state index is 12.5. The Labute approximate surface area is 140 Å². The molecule has 1 aliphatic heterocycles. The minimum Gasteiger partial charge on any atom is -0.455 e. The average Bonchev–Trinajstić information content (AvgIpc) is 3.11. The summed E-state index contributed by atoms with van der Waals surface area (Å²) >= 11 is 1.60. The molecule has 1 saturated heterocycles. The van der Waals surface area contributed by atoms with Crippen LogP contribution in [0.2, 0.25) is 0 Å². The predicted octanol–water partition coefficient (Wildman–Crippen LogP) is 2.08. The Morgan fingerprint density at radius 1 is 1.26 bits per heavy atom. The number of furan rings is 1. The number of imidazole rings is 1. The molecule has 0 N–H and O–H groups in total. The highest BCUT2D eigenvalue weighted by Crippen LogP contribution is 2.22. The van der Waals surface area contributed by atoms with Crippen LogP contribution in [0.3, 0.4) is 0 Å². The standard InChI is InChI=1S/C16H22N4O2S/c1-18-7-3-8-20(11-10-18)15(21)14-5-4-13(22-14)12-23-16-17-6-9-19(16)2/h4-6,9H,3,7-8,10-12H2,1-2H3. The molecule has 3 rings (SSSR count). The van der Waals surface area contributed by atoms with Gasteiger partial charge in [-0.1, -0.05) is 11.8 Å². The molecule has 0 atom stereocenters. The fourth-order valence-electron chi connectivity index (χ4n) is 2.60. The summed E-state index contributed by atoms with van der Waals surface area (Å²) in [6.07, 6.45) is 4.69. The van der Waals surface area contributed by atoms with Gasteiger partial charge in [0.2, 0.25) is 0 Å². The van der Waals surface area contributed by atoms with E-state index in [-0.39, 0.29) is 5.91 Å². The number of rotatable bonds is 4. The van der Waals surface area contributed by atoms with Crippen LogP contribution in [0.25, 0.3) is 0 Å². The molecule has 0 unspecified atom stereocenters. The number of amides is 1. The molecule has 7 heteroatoms. The molecule has 6 nitrogen and oxygen atoms in total. The molecule has 0 aliphatic carbocycles. The van der Waals surface area contributed by atoms with E-state index in [1.54, 1.807) is 24.0 Å². The molecule has 3 heterocycles. The van der Waals surface area contributed by atoms with Crippen molar-refractivity contribution < 1.29 is 9.21 Å². The molecule has 2 aromatic rings. The van der Waals surface area contributed by atoms with Crippen molar-refractivity contribution in [3.8, 4) is 0 Å². The summed E-state index contributed by atoms with van der Waals surface area (Å²) in [5.74, 6) is 1.90. The molecule has 0 radical (unpaired) electrons. The van der Waals surface area contributed by atoms with E-state index in [0.29, 0.717) is 11.5 Å². The summed E-state index contributed by atoms with van der Waals surface area (Å²) in [7, 11) is 4.05. The predicted molar refractivity (Wildman–Crippen MR) is 89.5 cm³/mol. The Morgan fingerprint density at radius 3 is 2.91 bits per heavy atom. The molecular formula is C16H22N4O2S. The Morgan fingerprint density at radius 2 is 2.13 bits per heavy atom. The highest BCUT2D eigenvalue weighted by atomic mass is 32.2. The third kappa shape index (κ3) is 3.97. The minimum atomic E-state index is -0.00598. The smallest absolute Gasteiger partial charge is 0.289 e. The van der Waals surface area contributed by atoms with Gasteiger partial charge < -0.3 is 18.8 Å². The number of nitrogens with zero attached hydrogens (tertiary/aromatic N) is 4.